The van der Waals surface area contributed by atoms with Gasteiger partial charge < -0.3 is 14.8 Å². The van der Waals surface area contributed by atoms with Gasteiger partial charge in [0.1, 0.15) is 17.3 Å². The van der Waals surface area contributed by atoms with Gasteiger partial charge in [0.05, 0.1) is 17.4 Å². The number of halogens is 2. The van der Waals surface area contributed by atoms with Gasteiger partial charge in [0.15, 0.2) is 0 Å². The fourth-order valence-electron chi connectivity index (χ4n) is 3.86. The first-order valence-electron chi connectivity index (χ1n) is 9.84. The molecule has 3 aromatic rings. The Kier molecular flexibility index (Phi) is 5.22. The molecule has 0 atom stereocenters. The fourth-order valence-corrected chi connectivity index (χ4v) is 3.86. The highest BCUT2D eigenvalue weighted by Crippen LogP contribution is 2.25. The van der Waals surface area contributed by atoms with Crippen LogP contribution in [0, 0.1) is 31.4 Å². The number of nitrogens with one attached hydrogen (secondary N) is 1. The van der Waals surface area contributed by atoms with Crippen molar-refractivity contribution in [3.05, 3.63) is 59.4 Å². The molecule has 1 N–H and O–H groups in total. The van der Waals surface area contributed by atoms with E-state index in [0.29, 0.717) is 19.0 Å². The Bertz CT molecular complexity index is 1030. The van der Waals surface area contributed by atoms with Crippen molar-refractivity contribution >= 4 is 22.8 Å². The monoisotopic (exact) mass is 398 g/mol. The van der Waals surface area contributed by atoms with E-state index in [2.05, 4.69) is 40.8 Å². The second-order valence-corrected chi connectivity index (χ2v) is 7.78. The van der Waals surface area contributed by atoms with Crippen molar-refractivity contribution in [1.82, 2.24) is 14.5 Å². The predicted octanol–water partition coefficient (Wildman–Crippen LogP) is 4.88. The number of fused-ring (bicyclic) bond motifs is 1. The number of piperidine rings is 1. The predicted molar refractivity (Wildman–Crippen MR) is 109 cm³/mol. The maximum Gasteiger partial charge on any atom is 0.322 e. The van der Waals surface area contributed by atoms with Gasteiger partial charge in [0.25, 0.3) is 0 Å². The van der Waals surface area contributed by atoms with Crippen LogP contribution < -0.4 is 5.32 Å². The normalized spacial score (nSPS) is 15.1. The van der Waals surface area contributed by atoms with E-state index in [1.54, 1.807) is 4.90 Å². The molecule has 2 aromatic carbocycles. The first kappa shape index (κ1) is 19.4. The number of para-hydroxylation sites is 1. The molecular weight excluding hydrogens is 374 g/mol. The average molecular weight is 398 g/mol. The van der Waals surface area contributed by atoms with Crippen LogP contribution in [-0.2, 0) is 6.54 Å². The Labute approximate surface area is 168 Å². The van der Waals surface area contributed by atoms with Crippen LogP contribution >= 0.6 is 0 Å². The number of anilines is 1. The lowest BCUT2D eigenvalue weighted by Gasteiger charge is -2.32. The number of carbonyl (C=O) groups is 1. The first-order valence-corrected chi connectivity index (χ1v) is 9.84. The SMILES string of the molecule is Cc1cc2ncn(CC3CCN(C(=O)Nc4c(F)cccc4F)CC3)c2cc1C. The topological polar surface area (TPSA) is 50.2 Å². The van der Waals surface area contributed by atoms with Crippen molar-refractivity contribution in [1.29, 1.82) is 0 Å². The highest BCUT2D eigenvalue weighted by atomic mass is 19.1. The maximum atomic E-state index is 13.8. The minimum absolute atomic E-state index is 0.393. The fraction of sp³-hybridized carbons (Fsp3) is 0.364. The van der Waals surface area contributed by atoms with Gasteiger partial charge in [-0.15, -0.1) is 0 Å². The van der Waals surface area contributed by atoms with E-state index in [9.17, 15) is 13.6 Å². The molecule has 0 spiro atoms. The standard InChI is InChI=1S/C22H24F2N4O/c1-14-10-19-20(11-15(14)2)28(13-25-19)12-16-6-8-27(9-7-16)22(29)26-21-17(23)4-3-5-18(21)24/h3-5,10-11,13,16H,6-9,12H2,1-2H3,(H,26,29). The molecule has 5 nitrogen and oxygen atoms in total. The molecule has 1 aliphatic rings. The zero-order valence-electron chi connectivity index (χ0n) is 16.6. The number of hydrogen-bond acceptors (Lipinski definition) is 2. The van der Waals surface area contributed by atoms with Crippen LogP contribution in [0.4, 0.5) is 19.3 Å². The van der Waals surface area contributed by atoms with Crippen LogP contribution in [0.2, 0.25) is 0 Å². The van der Waals surface area contributed by atoms with Gasteiger partial charge >= 0.3 is 6.03 Å². The average Bonchev–Trinajstić information content (AvgIpc) is 3.07. The highest BCUT2D eigenvalue weighted by Gasteiger charge is 2.24. The van der Waals surface area contributed by atoms with Gasteiger partial charge in [-0.2, -0.15) is 0 Å². The molecule has 1 aliphatic heterocycles. The lowest BCUT2D eigenvalue weighted by Crippen LogP contribution is -2.42. The Morgan fingerprint density at radius 2 is 1.79 bits per heavy atom. The summed E-state index contributed by atoms with van der Waals surface area (Å²) in [4.78, 5) is 18.5. The molecule has 29 heavy (non-hydrogen) atoms. The summed E-state index contributed by atoms with van der Waals surface area (Å²) < 4.78 is 29.7. The first-order chi connectivity index (χ1) is 13.9. The van der Waals surface area contributed by atoms with Gasteiger partial charge in [-0.1, -0.05) is 6.07 Å². The van der Waals surface area contributed by atoms with Crippen molar-refractivity contribution in [2.45, 2.75) is 33.2 Å². The minimum Gasteiger partial charge on any atom is -0.330 e. The molecule has 0 bridgehead atoms. The van der Waals surface area contributed by atoms with Crippen molar-refractivity contribution in [3.63, 3.8) is 0 Å². The van der Waals surface area contributed by atoms with E-state index < -0.39 is 23.4 Å². The molecule has 2 heterocycles. The number of likely N-dealkylation sites (tertiary alicyclic amines) is 1. The zero-order chi connectivity index (χ0) is 20.5. The quantitative estimate of drug-likeness (QED) is 0.684. The molecule has 0 aliphatic carbocycles. The van der Waals surface area contributed by atoms with Crippen LogP contribution in [0.1, 0.15) is 24.0 Å². The third-order valence-corrected chi connectivity index (χ3v) is 5.79. The van der Waals surface area contributed by atoms with Crippen molar-refractivity contribution in [2.24, 2.45) is 5.92 Å². The molecule has 7 heteroatoms. The number of hydrogen-bond donors (Lipinski definition) is 1. The van der Waals surface area contributed by atoms with E-state index in [0.717, 1.165) is 42.6 Å². The molecule has 0 saturated carbocycles. The second-order valence-electron chi connectivity index (χ2n) is 7.78. The van der Waals surface area contributed by atoms with Crippen LogP contribution in [0.3, 0.4) is 0 Å². The Morgan fingerprint density at radius 1 is 1.14 bits per heavy atom. The number of imidazole rings is 1. The Hall–Kier alpha value is -2.96. The third kappa shape index (κ3) is 3.95. The summed E-state index contributed by atoms with van der Waals surface area (Å²) in [5, 5.41) is 2.37. The minimum atomic E-state index is -0.772. The Balaban J connectivity index is 1.37. The molecule has 1 saturated heterocycles. The number of carbonyl (C=O) groups excluding carboxylic acids is 1. The largest absolute Gasteiger partial charge is 0.330 e. The van der Waals surface area contributed by atoms with Gasteiger partial charge in [0, 0.05) is 19.6 Å². The van der Waals surface area contributed by atoms with E-state index in [-0.39, 0.29) is 0 Å². The number of aryl methyl sites for hydroxylation is 2. The highest BCUT2D eigenvalue weighted by molar-refractivity contribution is 5.89. The van der Waals surface area contributed by atoms with Gasteiger partial charge in [-0.05, 0) is 68.0 Å². The van der Waals surface area contributed by atoms with E-state index >= 15 is 0 Å². The molecule has 4 rings (SSSR count). The summed E-state index contributed by atoms with van der Waals surface area (Å²) in [5.41, 5.74) is 4.20. The van der Waals surface area contributed by atoms with Crippen LogP contribution in [0.15, 0.2) is 36.7 Å². The Morgan fingerprint density at radius 3 is 2.48 bits per heavy atom. The molecule has 2 amide bonds. The lowest BCUT2D eigenvalue weighted by molar-refractivity contribution is 0.177. The molecular formula is C22H24F2N4O. The summed E-state index contributed by atoms with van der Waals surface area (Å²) in [6.45, 7) is 6.13. The van der Waals surface area contributed by atoms with Crippen LogP contribution in [-0.4, -0.2) is 33.6 Å². The zero-order valence-corrected chi connectivity index (χ0v) is 16.6. The summed E-state index contributed by atoms with van der Waals surface area (Å²) in [5.74, 6) is -1.13. The summed E-state index contributed by atoms with van der Waals surface area (Å²) in [7, 11) is 0. The van der Waals surface area contributed by atoms with E-state index in [1.165, 1.54) is 17.2 Å². The number of aromatic nitrogens is 2. The van der Waals surface area contributed by atoms with Gasteiger partial charge in [-0.3, -0.25) is 0 Å². The number of rotatable bonds is 3. The van der Waals surface area contributed by atoms with Gasteiger partial charge in [0.2, 0.25) is 0 Å². The smallest absolute Gasteiger partial charge is 0.322 e. The maximum absolute atomic E-state index is 13.8. The van der Waals surface area contributed by atoms with Crippen LogP contribution in [0.25, 0.3) is 11.0 Å². The molecule has 0 radical (unpaired) electrons. The second kappa shape index (κ2) is 7.81. The van der Waals surface area contributed by atoms with E-state index in [1.807, 2.05) is 6.33 Å². The summed E-state index contributed by atoms with van der Waals surface area (Å²) >= 11 is 0. The van der Waals surface area contributed by atoms with Crippen molar-refractivity contribution < 1.29 is 13.6 Å². The number of amides is 2. The van der Waals surface area contributed by atoms with E-state index in [4.69, 9.17) is 0 Å². The molecule has 1 fully saturated rings. The van der Waals surface area contributed by atoms with Crippen molar-refractivity contribution in [3.8, 4) is 0 Å². The van der Waals surface area contributed by atoms with Crippen molar-refractivity contribution in [2.75, 3.05) is 18.4 Å². The number of benzene rings is 2. The number of nitrogens with zero attached hydrogens (tertiary/aromatic N) is 3. The number of urea groups is 1. The lowest BCUT2D eigenvalue weighted by atomic mass is 9.97. The van der Waals surface area contributed by atoms with Crippen LogP contribution in [0.5, 0.6) is 0 Å². The van der Waals surface area contributed by atoms with Gasteiger partial charge in [-0.25, -0.2) is 18.6 Å². The molecule has 0 unspecified atom stereocenters. The molecule has 152 valence electrons. The summed E-state index contributed by atoms with van der Waals surface area (Å²) in [6.07, 6.45) is 3.54. The third-order valence-electron chi connectivity index (χ3n) is 5.79. The molecule has 1 aromatic heterocycles. The summed E-state index contributed by atoms with van der Waals surface area (Å²) in [6, 6.07) is 7.34.